The molecule has 0 amide bonds. The molecule has 0 fully saturated rings. The number of hydrogen-bond donors (Lipinski definition) is 3. The third-order valence-corrected chi connectivity index (χ3v) is 5.77. The lowest BCUT2D eigenvalue weighted by Crippen LogP contribution is -2.39. The Balaban J connectivity index is 1.51. The third kappa shape index (κ3) is 7.44. The number of para-hydroxylation sites is 1. The maximum atomic E-state index is 11.3. The summed E-state index contributed by atoms with van der Waals surface area (Å²) in [6, 6.07) is 16.0. The molecule has 158 valence electrons. The summed E-state index contributed by atoms with van der Waals surface area (Å²) in [4.78, 5) is 0. The first kappa shape index (κ1) is 21.8. The van der Waals surface area contributed by atoms with E-state index in [0.29, 0.717) is 13.1 Å². The predicted octanol–water partition coefficient (Wildman–Crippen LogP) is 2.01. The molecule has 0 radical (unpaired) electrons. The average Bonchev–Trinajstić information content (AvgIpc) is 2.91. The first-order valence-electron chi connectivity index (χ1n) is 10.0. The zero-order valence-electron chi connectivity index (χ0n) is 16.8. The minimum atomic E-state index is -3.21. The molecule has 6 nitrogen and oxygen atoms in total. The van der Waals surface area contributed by atoms with Gasteiger partial charge in [-0.05, 0) is 54.5 Å². The molecule has 29 heavy (non-hydrogen) atoms. The highest BCUT2D eigenvalue weighted by Crippen LogP contribution is 2.22. The van der Waals surface area contributed by atoms with Crippen LogP contribution in [0.3, 0.4) is 0 Å². The molecule has 0 heterocycles. The van der Waals surface area contributed by atoms with Gasteiger partial charge < -0.3 is 15.2 Å². The molecule has 1 aliphatic carbocycles. The third-order valence-electron chi connectivity index (χ3n) is 5.10. The Kier molecular flexibility index (Phi) is 7.66. The molecule has 2 atom stereocenters. The molecule has 3 rings (SSSR count). The summed E-state index contributed by atoms with van der Waals surface area (Å²) in [6.45, 7) is 1.03. The zero-order chi connectivity index (χ0) is 20.7. The number of ether oxygens (including phenoxy) is 1. The van der Waals surface area contributed by atoms with E-state index in [2.05, 4.69) is 22.2 Å². The van der Waals surface area contributed by atoms with Crippen LogP contribution < -0.4 is 14.8 Å². The number of nitrogens with one attached hydrogen (secondary N) is 2. The van der Waals surface area contributed by atoms with Gasteiger partial charge in [-0.3, -0.25) is 0 Å². The van der Waals surface area contributed by atoms with E-state index in [-0.39, 0.29) is 12.6 Å². The molecular weight excluding hydrogens is 388 g/mol. The lowest BCUT2D eigenvalue weighted by Gasteiger charge is -2.20. The fourth-order valence-corrected chi connectivity index (χ4v) is 4.02. The molecule has 0 spiro atoms. The average molecular weight is 419 g/mol. The highest BCUT2D eigenvalue weighted by Gasteiger charge is 2.18. The minimum Gasteiger partial charge on any atom is -0.491 e. The second kappa shape index (κ2) is 10.2. The molecule has 2 aromatic carbocycles. The monoisotopic (exact) mass is 418 g/mol. The van der Waals surface area contributed by atoms with Crippen LogP contribution in [-0.2, 0) is 29.4 Å². The largest absolute Gasteiger partial charge is 0.491 e. The smallest absolute Gasteiger partial charge is 0.209 e. The van der Waals surface area contributed by atoms with Gasteiger partial charge in [0.1, 0.15) is 18.5 Å². The van der Waals surface area contributed by atoms with Crippen LogP contribution >= 0.6 is 0 Å². The molecular formula is C22H30N2O4S. The second-order valence-corrected chi connectivity index (χ2v) is 9.51. The Morgan fingerprint density at radius 2 is 1.97 bits per heavy atom. The second-order valence-electron chi connectivity index (χ2n) is 7.68. The van der Waals surface area contributed by atoms with E-state index in [1.54, 1.807) is 0 Å². The standard InChI is InChI=1S/C22H30N2O4S/c1-29(26,27)24-14-17-10-11-18-6-5-7-20(13-19(18)12-17)23-15-21(25)16-28-22-8-3-2-4-9-22/h2-4,8-12,20-21,23-25H,5-7,13-16H2,1H3/t20?,21-/m0/s1. The van der Waals surface area contributed by atoms with E-state index in [1.807, 2.05) is 36.4 Å². The minimum absolute atomic E-state index is 0.252. The van der Waals surface area contributed by atoms with Crippen molar-refractivity contribution in [3.63, 3.8) is 0 Å². The quantitative estimate of drug-likeness (QED) is 0.542. The van der Waals surface area contributed by atoms with Crippen molar-refractivity contribution >= 4 is 10.0 Å². The Hall–Kier alpha value is -1.93. The predicted molar refractivity (Wildman–Crippen MR) is 115 cm³/mol. The van der Waals surface area contributed by atoms with Gasteiger partial charge in [-0.2, -0.15) is 0 Å². The van der Waals surface area contributed by atoms with Crippen molar-refractivity contribution in [3.05, 3.63) is 65.2 Å². The molecule has 0 bridgehead atoms. The van der Waals surface area contributed by atoms with Gasteiger partial charge in [0.25, 0.3) is 0 Å². The van der Waals surface area contributed by atoms with Crippen molar-refractivity contribution in [3.8, 4) is 5.75 Å². The van der Waals surface area contributed by atoms with E-state index in [1.165, 1.54) is 17.4 Å². The van der Waals surface area contributed by atoms with E-state index >= 15 is 0 Å². The van der Waals surface area contributed by atoms with Crippen molar-refractivity contribution in [1.29, 1.82) is 0 Å². The lowest BCUT2D eigenvalue weighted by atomic mass is 9.99. The molecule has 0 saturated carbocycles. The highest BCUT2D eigenvalue weighted by atomic mass is 32.2. The van der Waals surface area contributed by atoms with Crippen LogP contribution in [0.5, 0.6) is 5.75 Å². The molecule has 2 aromatic rings. The van der Waals surface area contributed by atoms with Crippen LogP contribution in [0.4, 0.5) is 0 Å². The van der Waals surface area contributed by atoms with Gasteiger partial charge in [0.05, 0.1) is 6.26 Å². The first-order chi connectivity index (χ1) is 13.9. The molecule has 0 saturated heterocycles. The summed E-state index contributed by atoms with van der Waals surface area (Å²) in [5.74, 6) is 0.755. The summed E-state index contributed by atoms with van der Waals surface area (Å²) in [7, 11) is -3.21. The summed E-state index contributed by atoms with van der Waals surface area (Å²) < 4.78 is 30.8. The number of rotatable bonds is 9. The summed E-state index contributed by atoms with van der Waals surface area (Å²) in [6.07, 6.45) is 4.60. The first-order valence-corrected chi connectivity index (χ1v) is 11.9. The number of fused-ring (bicyclic) bond motifs is 1. The van der Waals surface area contributed by atoms with Gasteiger partial charge in [-0.1, -0.05) is 36.4 Å². The van der Waals surface area contributed by atoms with E-state index in [0.717, 1.165) is 37.0 Å². The molecule has 7 heteroatoms. The van der Waals surface area contributed by atoms with Gasteiger partial charge >= 0.3 is 0 Å². The maximum absolute atomic E-state index is 11.3. The van der Waals surface area contributed by atoms with E-state index in [9.17, 15) is 13.5 Å². The van der Waals surface area contributed by atoms with Crippen molar-refractivity contribution < 1.29 is 18.3 Å². The Bertz CT molecular complexity index is 887. The van der Waals surface area contributed by atoms with Crippen LogP contribution in [-0.4, -0.2) is 45.1 Å². The number of aliphatic hydroxyl groups excluding tert-OH is 1. The van der Waals surface area contributed by atoms with Gasteiger partial charge in [0, 0.05) is 19.1 Å². The van der Waals surface area contributed by atoms with Crippen LogP contribution in [0.15, 0.2) is 48.5 Å². The van der Waals surface area contributed by atoms with Crippen LogP contribution in [0.1, 0.15) is 29.5 Å². The number of aliphatic hydroxyl groups is 1. The topological polar surface area (TPSA) is 87.7 Å². The zero-order valence-corrected chi connectivity index (χ0v) is 17.6. The number of sulfonamides is 1. The molecule has 1 aliphatic rings. The maximum Gasteiger partial charge on any atom is 0.209 e. The van der Waals surface area contributed by atoms with Crippen LogP contribution in [0, 0.1) is 0 Å². The highest BCUT2D eigenvalue weighted by molar-refractivity contribution is 7.88. The van der Waals surface area contributed by atoms with Crippen molar-refractivity contribution in [1.82, 2.24) is 10.0 Å². The van der Waals surface area contributed by atoms with Crippen LogP contribution in [0.25, 0.3) is 0 Å². The van der Waals surface area contributed by atoms with Crippen molar-refractivity contribution in [2.24, 2.45) is 0 Å². The summed E-state index contributed by atoms with van der Waals surface area (Å²) in [5, 5.41) is 13.7. The fraction of sp³-hybridized carbons (Fsp3) is 0.455. The number of benzene rings is 2. The SMILES string of the molecule is CS(=O)(=O)NCc1ccc2c(c1)CC(NC[C@H](O)COc1ccccc1)CCC2. The van der Waals surface area contributed by atoms with E-state index in [4.69, 9.17) is 4.74 Å². The number of aryl methyl sites for hydroxylation is 1. The molecule has 0 aromatic heterocycles. The normalized spacial score (nSPS) is 17.9. The van der Waals surface area contributed by atoms with Crippen molar-refractivity contribution in [2.75, 3.05) is 19.4 Å². The lowest BCUT2D eigenvalue weighted by molar-refractivity contribution is 0.103. The molecule has 0 aliphatic heterocycles. The summed E-state index contributed by atoms with van der Waals surface area (Å²) in [5.41, 5.74) is 3.54. The van der Waals surface area contributed by atoms with E-state index < -0.39 is 16.1 Å². The Morgan fingerprint density at radius 3 is 2.72 bits per heavy atom. The fourth-order valence-electron chi connectivity index (χ4n) is 3.59. The Morgan fingerprint density at radius 1 is 1.17 bits per heavy atom. The Labute approximate surface area is 173 Å². The molecule has 3 N–H and O–H groups in total. The number of hydrogen-bond acceptors (Lipinski definition) is 5. The van der Waals surface area contributed by atoms with Gasteiger partial charge in [0.2, 0.25) is 10.0 Å². The van der Waals surface area contributed by atoms with Gasteiger partial charge in [-0.25, -0.2) is 13.1 Å². The van der Waals surface area contributed by atoms with Crippen molar-refractivity contribution in [2.45, 2.75) is 44.4 Å². The molecule has 1 unspecified atom stereocenters. The van der Waals surface area contributed by atoms with Crippen LogP contribution in [0.2, 0.25) is 0 Å². The van der Waals surface area contributed by atoms with Gasteiger partial charge in [-0.15, -0.1) is 0 Å². The van der Waals surface area contributed by atoms with Gasteiger partial charge in [0.15, 0.2) is 0 Å². The summed E-state index contributed by atoms with van der Waals surface area (Å²) >= 11 is 0.